The predicted octanol–water partition coefficient (Wildman–Crippen LogP) is 5.29. The first-order valence-electron chi connectivity index (χ1n) is 12.7. The lowest BCUT2D eigenvalue weighted by molar-refractivity contribution is -0.136. The molecule has 3 heterocycles. The van der Waals surface area contributed by atoms with Crippen molar-refractivity contribution in [3.05, 3.63) is 78.1 Å². The standard InChI is InChI=1S/C30H34N4O2/c1-21(2)30(35)33-15-13-32(14-16-33)20-27-29(24-9-6-10-26(18-24)36-4)31-28-12-11-25(19-34(27)28)23-8-5-7-22(3)17-23/h5-12,17-19,21H,13-16,20H2,1-4H3. The summed E-state index contributed by atoms with van der Waals surface area (Å²) in [6.07, 6.45) is 2.20. The van der Waals surface area contributed by atoms with Crippen LogP contribution in [0.25, 0.3) is 28.0 Å². The van der Waals surface area contributed by atoms with E-state index in [-0.39, 0.29) is 11.8 Å². The van der Waals surface area contributed by atoms with Crippen molar-refractivity contribution in [2.75, 3.05) is 33.3 Å². The minimum atomic E-state index is 0.0371. The van der Waals surface area contributed by atoms with E-state index in [1.165, 1.54) is 11.1 Å². The van der Waals surface area contributed by atoms with Crippen LogP contribution in [0.2, 0.25) is 0 Å². The number of rotatable bonds is 6. The Morgan fingerprint density at radius 3 is 2.42 bits per heavy atom. The highest BCUT2D eigenvalue weighted by Crippen LogP contribution is 2.30. The number of aromatic nitrogens is 2. The molecule has 1 saturated heterocycles. The van der Waals surface area contributed by atoms with E-state index < -0.39 is 0 Å². The Morgan fingerprint density at radius 2 is 1.69 bits per heavy atom. The fraction of sp³-hybridized carbons (Fsp3) is 0.333. The summed E-state index contributed by atoms with van der Waals surface area (Å²) in [5, 5.41) is 0. The third kappa shape index (κ3) is 4.86. The van der Waals surface area contributed by atoms with Crippen molar-refractivity contribution in [3.63, 3.8) is 0 Å². The lowest BCUT2D eigenvalue weighted by atomic mass is 10.1. The second kappa shape index (κ2) is 10.2. The van der Waals surface area contributed by atoms with Crippen molar-refractivity contribution < 1.29 is 9.53 Å². The molecule has 0 saturated carbocycles. The van der Waals surface area contributed by atoms with Crippen LogP contribution < -0.4 is 4.74 Å². The summed E-state index contributed by atoms with van der Waals surface area (Å²) in [5.74, 6) is 1.09. The van der Waals surface area contributed by atoms with Crippen molar-refractivity contribution in [2.45, 2.75) is 27.3 Å². The van der Waals surface area contributed by atoms with Gasteiger partial charge in [0.05, 0.1) is 18.5 Å². The molecule has 0 unspecified atom stereocenters. The maximum Gasteiger partial charge on any atom is 0.225 e. The fourth-order valence-electron chi connectivity index (χ4n) is 4.94. The second-order valence-corrected chi connectivity index (χ2v) is 9.91. The SMILES string of the molecule is COc1cccc(-c2nc3ccc(-c4cccc(C)c4)cn3c2CN2CCN(C(=O)C(C)C)CC2)c1. The van der Waals surface area contributed by atoms with Crippen molar-refractivity contribution >= 4 is 11.6 Å². The molecule has 1 aliphatic heterocycles. The van der Waals surface area contributed by atoms with E-state index in [1.807, 2.05) is 36.9 Å². The first kappa shape index (κ1) is 24.1. The number of piperazine rings is 1. The van der Waals surface area contributed by atoms with Crippen LogP contribution in [-0.2, 0) is 11.3 Å². The van der Waals surface area contributed by atoms with Gasteiger partial charge >= 0.3 is 0 Å². The Bertz CT molecular complexity index is 1380. The number of amides is 1. The number of benzene rings is 2. The summed E-state index contributed by atoms with van der Waals surface area (Å²) in [6, 6.07) is 20.9. The topological polar surface area (TPSA) is 50.1 Å². The van der Waals surface area contributed by atoms with Crippen molar-refractivity contribution in [1.29, 1.82) is 0 Å². The number of imidazole rings is 1. The average molecular weight is 483 g/mol. The Labute approximate surface area is 213 Å². The number of aryl methyl sites for hydroxylation is 1. The van der Waals surface area contributed by atoms with Gasteiger partial charge in [-0.05, 0) is 42.3 Å². The minimum Gasteiger partial charge on any atom is -0.497 e. The van der Waals surface area contributed by atoms with Gasteiger partial charge in [-0.1, -0.05) is 55.8 Å². The number of fused-ring (bicyclic) bond motifs is 1. The van der Waals surface area contributed by atoms with Crippen LogP contribution in [0, 0.1) is 12.8 Å². The molecule has 2 aromatic carbocycles. The van der Waals surface area contributed by atoms with Gasteiger partial charge in [0.25, 0.3) is 0 Å². The summed E-state index contributed by atoms with van der Waals surface area (Å²) < 4.78 is 7.73. The predicted molar refractivity (Wildman–Crippen MR) is 144 cm³/mol. The Kier molecular flexibility index (Phi) is 6.79. The van der Waals surface area contributed by atoms with E-state index >= 15 is 0 Å². The lowest BCUT2D eigenvalue weighted by Crippen LogP contribution is -2.49. The largest absolute Gasteiger partial charge is 0.497 e. The van der Waals surface area contributed by atoms with E-state index in [2.05, 4.69) is 64.9 Å². The van der Waals surface area contributed by atoms with E-state index in [0.29, 0.717) is 0 Å². The highest BCUT2D eigenvalue weighted by Gasteiger charge is 2.25. The highest BCUT2D eigenvalue weighted by atomic mass is 16.5. The molecule has 186 valence electrons. The molecule has 6 nitrogen and oxygen atoms in total. The van der Waals surface area contributed by atoms with Crippen LogP contribution >= 0.6 is 0 Å². The molecule has 4 aromatic rings. The zero-order valence-corrected chi connectivity index (χ0v) is 21.6. The van der Waals surface area contributed by atoms with Crippen molar-refractivity contribution in [1.82, 2.24) is 19.2 Å². The van der Waals surface area contributed by atoms with Gasteiger partial charge in [0.2, 0.25) is 5.91 Å². The third-order valence-corrected chi connectivity index (χ3v) is 6.96. The number of carbonyl (C=O) groups excluding carboxylic acids is 1. The fourth-order valence-corrected chi connectivity index (χ4v) is 4.94. The molecule has 0 spiro atoms. The van der Waals surface area contributed by atoms with E-state index in [0.717, 1.165) is 66.6 Å². The molecule has 0 N–H and O–H groups in total. The number of pyridine rings is 1. The van der Waals surface area contributed by atoms with Crippen molar-refractivity contribution in [2.24, 2.45) is 5.92 Å². The summed E-state index contributed by atoms with van der Waals surface area (Å²) in [7, 11) is 1.69. The van der Waals surface area contributed by atoms with E-state index in [4.69, 9.17) is 9.72 Å². The van der Waals surface area contributed by atoms with Crippen LogP contribution in [0.3, 0.4) is 0 Å². The van der Waals surface area contributed by atoms with Crippen LogP contribution in [0.4, 0.5) is 0 Å². The number of hydrogen-bond donors (Lipinski definition) is 0. The molecule has 36 heavy (non-hydrogen) atoms. The third-order valence-electron chi connectivity index (χ3n) is 6.96. The molecule has 0 aliphatic carbocycles. The van der Waals surface area contributed by atoms with Crippen molar-refractivity contribution in [3.8, 4) is 28.1 Å². The highest BCUT2D eigenvalue weighted by molar-refractivity contribution is 5.78. The Morgan fingerprint density at radius 1 is 0.944 bits per heavy atom. The number of hydrogen-bond acceptors (Lipinski definition) is 4. The zero-order valence-electron chi connectivity index (χ0n) is 21.6. The average Bonchev–Trinajstić information content (AvgIpc) is 3.26. The number of carbonyl (C=O) groups is 1. The summed E-state index contributed by atoms with van der Waals surface area (Å²) in [6.45, 7) is 10.0. The summed E-state index contributed by atoms with van der Waals surface area (Å²) in [5.41, 5.74) is 7.68. The molecule has 0 atom stereocenters. The van der Waals surface area contributed by atoms with Gasteiger partial charge in [-0.15, -0.1) is 0 Å². The van der Waals surface area contributed by atoms with Gasteiger partial charge in [0, 0.05) is 50.4 Å². The molecule has 2 aromatic heterocycles. The van der Waals surface area contributed by atoms with E-state index in [1.54, 1.807) is 7.11 Å². The monoisotopic (exact) mass is 482 g/mol. The normalized spacial score (nSPS) is 14.5. The molecule has 1 amide bonds. The smallest absolute Gasteiger partial charge is 0.225 e. The Balaban J connectivity index is 1.53. The number of ether oxygens (including phenoxy) is 1. The van der Waals surface area contributed by atoms with Gasteiger partial charge in [0.1, 0.15) is 11.4 Å². The number of methoxy groups -OCH3 is 1. The molecule has 6 heteroatoms. The van der Waals surface area contributed by atoms with Crippen LogP contribution in [0.5, 0.6) is 5.75 Å². The lowest BCUT2D eigenvalue weighted by Gasteiger charge is -2.35. The molecule has 0 radical (unpaired) electrons. The van der Waals surface area contributed by atoms with Gasteiger partial charge in [-0.25, -0.2) is 4.98 Å². The minimum absolute atomic E-state index is 0.0371. The van der Waals surface area contributed by atoms with Crippen LogP contribution in [0.1, 0.15) is 25.1 Å². The zero-order chi connectivity index (χ0) is 25.2. The summed E-state index contributed by atoms with van der Waals surface area (Å²) in [4.78, 5) is 22.0. The molecular formula is C30H34N4O2. The first-order valence-corrected chi connectivity index (χ1v) is 12.7. The van der Waals surface area contributed by atoms with Gasteiger partial charge < -0.3 is 14.0 Å². The second-order valence-electron chi connectivity index (χ2n) is 9.91. The first-order chi connectivity index (χ1) is 17.4. The van der Waals surface area contributed by atoms with Crippen LogP contribution in [-0.4, -0.2) is 58.4 Å². The maximum absolute atomic E-state index is 12.5. The summed E-state index contributed by atoms with van der Waals surface area (Å²) >= 11 is 0. The van der Waals surface area contributed by atoms with E-state index in [9.17, 15) is 4.79 Å². The molecular weight excluding hydrogens is 448 g/mol. The quantitative estimate of drug-likeness (QED) is 0.375. The molecule has 1 fully saturated rings. The van der Waals surface area contributed by atoms with Crippen LogP contribution in [0.15, 0.2) is 66.9 Å². The molecule has 0 bridgehead atoms. The maximum atomic E-state index is 12.5. The van der Waals surface area contributed by atoms with Gasteiger partial charge in [-0.3, -0.25) is 9.69 Å². The Hall–Kier alpha value is -3.64. The van der Waals surface area contributed by atoms with Gasteiger partial charge in [-0.2, -0.15) is 0 Å². The number of nitrogens with zero attached hydrogens (tertiary/aromatic N) is 4. The molecule has 5 rings (SSSR count). The van der Waals surface area contributed by atoms with Gasteiger partial charge in [0.15, 0.2) is 0 Å². The molecule has 1 aliphatic rings.